The molecule has 4 aromatic carbocycles. The zero-order valence-electron chi connectivity index (χ0n) is 33.8. The van der Waals surface area contributed by atoms with E-state index in [1.54, 1.807) is 49.7 Å². The number of fused-ring (bicyclic) bond motifs is 1. The van der Waals surface area contributed by atoms with Crippen LogP contribution in [0.2, 0.25) is 0 Å². The maximum Gasteiger partial charge on any atom is 0.335 e. The Morgan fingerprint density at radius 3 is 2.22 bits per heavy atom. The third kappa shape index (κ3) is 11.1. The van der Waals surface area contributed by atoms with Crippen molar-refractivity contribution in [1.82, 2.24) is 4.98 Å². The van der Waals surface area contributed by atoms with E-state index in [9.17, 15) is 18.9 Å². The molecule has 59 heavy (non-hydrogen) atoms. The summed E-state index contributed by atoms with van der Waals surface area (Å²) in [6.45, 7) is 7.15. The molecule has 5 N–H and O–H groups in total. The number of rotatable bonds is 19. The molecule has 16 heteroatoms. The molecule has 0 saturated heterocycles. The summed E-state index contributed by atoms with van der Waals surface area (Å²) in [6, 6.07) is 23.2. The lowest BCUT2D eigenvalue weighted by molar-refractivity contribution is -0.154. The Kier molecular flexibility index (Phi) is 13.4. The van der Waals surface area contributed by atoms with Crippen molar-refractivity contribution >= 4 is 62.3 Å². The van der Waals surface area contributed by atoms with Crippen LogP contribution in [0.4, 0.5) is 33.4 Å². The van der Waals surface area contributed by atoms with Gasteiger partial charge in [-0.2, -0.15) is 0 Å². The number of nitrogens with one attached hydrogen (secondary N) is 4. The molecule has 0 radical (unpaired) electrons. The highest BCUT2D eigenvalue weighted by Gasteiger charge is 2.51. The summed E-state index contributed by atoms with van der Waals surface area (Å²) in [4.78, 5) is 29.2. The third-order valence-electron chi connectivity index (χ3n) is 9.34. The van der Waals surface area contributed by atoms with Crippen LogP contribution in [0.15, 0.2) is 85.1 Å². The quantitative estimate of drug-likeness (QED) is 0.0501. The Morgan fingerprint density at radius 1 is 0.814 bits per heavy atom. The minimum absolute atomic E-state index is 0.197. The number of benzene rings is 4. The summed E-state index contributed by atoms with van der Waals surface area (Å²) in [5.74, 6) is 2.13. The average Bonchev–Trinajstić information content (AvgIpc) is 3.99. The van der Waals surface area contributed by atoms with Gasteiger partial charge in [-0.15, -0.1) is 0 Å². The smallest absolute Gasteiger partial charge is 0.335 e. The van der Waals surface area contributed by atoms with E-state index in [1.165, 1.54) is 13.4 Å². The first-order valence-corrected chi connectivity index (χ1v) is 20.4. The predicted molar refractivity (Wildman–Crippen MR) is 228 cm³/mol. The lowest BCUT2D eigenvalue weighted by atomic mass is 9.86. The normalized spacial score (nSPS) is 13.5. The molecule has 0 aliphatic heterocycles. The molecule has 1 atom stereocenters. The Labute approximate surface area is 345 Å². The van der Waals surface area contributed by atoms with E-state index >= 15 is 0 Å². The second kappa shape index (κ2) is 18.7. The number of methoxy groups -OCH3 is 2. The van der Waals surface area contributed by atoms with Gasteiger partial charge in [0.15, 0.2) is 11.4 Å². The summed E-state index contributed by atoms with van der Waals surface area (Å²) >= 11 is 0. The van der Waals surface area contributed by atoms with Crippen LogP contribution < -0.4 is 39.6 Å². The number of aliphatic carboxylic acids is 1. The van der Waals surface area contributed by atoms with Crippen LogP contribution in [0.1, 0.15) is 39.2 Å². The zero-order chi connectivity index (χ0) is 42.2. The van der Waals surface area contributed by atoms with E-state index in [0.29, 0.717) is 70.2 Å². The lowest BCUT2D eigenvalue weighted by Gasteiger charge is -2.24. The maximum atomic E-state index is 13.5. The van der Waals surface area contributed by atoms with Crippen molar-refractivity contribution in [2.24, 2.45) is 0 Å². The molecule has 1 aliphatic rings. The molecule has 1 fully saturated rings. The van der Waals surface area contributed by atoms with Gasteiger partial charge in [-0.1, -0.05) is 45.0 Å². The molecule has 0 bridgehead atoms. The highest BCUT2D eigenvalue weighted by Crippen LogP contribution is 2.41. The Hall–Kier alpha value is -6.10. The summed E-state index contributed by atoms with van der Waals surface area (Å²) in [5, 5.41) is 19.9. The van der Waals surface area contributed by atoms with Gasteiger partial charge >= 0.3 is 12.0 Å². The summed E-state index contributed by atoms with van der Waals surface area (Å²) < 4.78 is 49.5. The molecule has 15 nitrogen and oxygen atoms in total. The predicted octanol–water partition coefficient (Wildman–Crippen LogP) is 8.46. The van der Waals surface area contributed by atoms with E-state index in [-0.39, 0.29) is 31.8 Å². The van der Waals surface area contributed by atoms with Crippen LogP contribution in [0.3, 0.4) is 0 Å². The fourth-order valence-electron chi connectivity index (χ4n) is 6.16. The number of carbonyl (C=O) groups excluding carboxylic acids is 1. The third-order valence-corrected chi connectivity index (χ3v) is 9.84. The van der Waals surface area contributed by atoms with E-state index in [2.05, 4.69) is 25.7 Å². The van der Waals surface area contributed by atoms with Crippen LogP contribution in [0.25, 0.3) is 10.8 Å². The molecule has 1 heterocycles. The van der Waals surface area contributed by atoms with Gasteiger partial charge in [-0.05, 0) is 54.2 Å². The van der Waals surface area contributed by atoms with Gasteiger partial charge in [-0.25, -0.2) is 18.8 Å². The maximum absolute atomic E-state index is 13.5. The molecule has 1 unspecified atom stereocenters. The van der Waals surface area contributed by atoms with Crippen LogP contribution in [-0.2, 0) is 30.7 Å². The minimum atomic E-state index is -1.37. The van der Waals surface area contributed by atoms with Gasteiger partial charge in [-0.3, -0.25) is 0 Å². The molecule has 2 amide bonds. The van der Waals surface area contributed by atoms with E-state index in [1.807, 2.05) is 63.2 Å². The zero-order valence-corrected chi connectivity index (χ0v) is 34.6. The second-order valence-electron chi connectivity index (χ2n) is 14.8. The Morgan fingerprint density at radius 2 is 1.53 bits per heavy atom. The van der Waals surface area contributed by atoms with Crippen LogP contribution in [0.5, 0.6) is 28.7 Å². The molecule has 5 aromatic rings. The fraction of sp³-hybridized carbons (Fsp3) is 0.326. The minimum Gasteiger partial charge on any atom is -0.497 e. The molecule has 1 saturated carbocycles. The molecular weight excluding hydrogens is 779 g/mol. The van der Waals surface area contributed by atoms with E-state index < -0.39 is 28.6 Å². The largest absolute Gasteiger partial charge is 0.497 e. The highest BCUT2D eigenvalue weighted by atomic mass is 32.2. The lowest BCUT2D eigenvalue weighted by Crippen LogP contribution is -2.27. The van der Waals surface area contributed by atoms with Gasteiger partial charge in [0.05, 0.1) is 51.1 Å². The van der Waals surface area contributed by atoms with Gasteiger partial charge in [0.1, 0.15) is 46.4 Å². The first kappa shape index (κ1) is 42.5. The summed E-state index contributed by atoms with van der Waals surface area (Å²) in [7, 11) is 1.69. The number of ether oxygens (including phenoxy) is 6. The van der Waals surface area contributed by atoms with Gasteiger partial charge in [0.25, 0.3) is 0 Å². The number of carboxylic acids is 1. The first-order valence-electron chi connectivity index (χ1n) is 18.9. The van der Waals surface area contributed by atoms with Crippen molar-refractivity contribution in [2.45, 2.75) is 44.6 Å². The number of aromatic nitrogens is 1. The number of hydrogen-bond acceptors (Lipinski definition) is 11. The van der Waals surface area contributed by atoms with Gasteiger partial charge < -0.3 is 54.2 Å². The van der Waals surface area contributed by atoms with Crippen molar-refractivity contribution in [1.29, 1.82) is 0 Å². The molecule has 1 aliphatic carbocycles. The average molecular weight is 828 g/mol. The van der Waals surface area contributed by atoms with Gasteiger partial charge in [0, 0.05) is 53.2 Å². The summed E-state index contributed by atoms with van der Waals surface area (Å²) in [6.07, 6.45) is 4.20. The molecule has 0 spiro atoms. The van der Waals surface area contributed by atoms with Crippen LogP contribution in [0, 0.1) is 0 Å². The number of urea groups is 1. The number of carboxylic acid groups (broad SMARTS) is 1. The van der Waals surface area contributed by atoms with Crippen molar-refractivity contribution in [3.63, 3.8) is 0 Å². The first-order chi connectivity index (χ1) is 28.3. The number of hydrogen-bond donors (Lipinski definition) is 5. The monoisotopic (exact) mass is 827 g/mol. The summed E-state index contributed by atoms with van der Waals surface area (Å²) in [5.41, 5.74) is 1.75. The van der Waals surface area contributed by atoms with Crippen molar-refractivity contribution < 1.29 is 47.3 Å². The molecule has 1 aromatic heterocycles. The van der Waals surface area contributed by atoms with E-state index in [4.69, 9.17) is 28.4 Å². The Bertz CT molecular complexity index is 2330. The molecular formula is C43H49N5O10S. The Balaban J connectivity index is 1.11. The van der Waals surface area contributed by atoms with E-state index in [0.717, 1.165) is 16.3 Å². The number of pyridine rings is 1. The molecule has 6 rings (SSSR count). The van der Waals surface area contributed by atoms with Crippen LogP contribution in [-0.4, -0.2) is 78.8 Å². The highest BCUT2D eigenvalue weighted by molar-refractivity contribution is 7.85. The van der Waals surface area contributed by atoms with Crippen LogP contribution >= 0.6 is 0 Å². The number of anilines is 5. The number of amides is 2. The topological polar surface area (TPSA) is 188 Å². The fourth-order valence-corrected chi connectivity index (χ4v) is 6.62. The van der Waals surface area contributed by atoms with Crippen molar-refractivity contribution in [3.05, 3.63) is 90.6 Å². The number of carbonyl (C=O) groups is 2. The van der Waals surface area contributed by atoms with Gasteiger partial charge in [0.2, 0.25) is 0 Å². The van der Waals surface area contributed by atoms with Crippen molar-refractivity contribution in [3.8, 4) is 28.7 Å². The number of nitrogens with zero attached hydrogens (tertiary/aromatic N) is 1. The molecule has 312 valence electrons. The van der Waals surface area contributed by atoms with Crippen molar-refractivity contribution in [2.75, 3.05) is 67.6 Å². The SMILES string of the molecule is COc1cc(Nc2cc(Oc3ccc(NC(=O)Nc4cc(C(C)(C)C)cc(NS(C)=O)c4OC)c4ccccc34)ccn2)cc(OCCOCCOC2(C(=O)O)CC2)c1. The standard InChI is InChI=1S/C43H49N5O10S/c1-42(2,3)27-21-35(39(54-5)36(22-27)48-59(6)52)47-41(51)46-34-11-12-37(33-10-8-7-9-32(33)34)58-29-13-16-44-38(26-29)45-28-23-30(53-4)25-31(24-28)56-19-17-55-18-20-57-43(14-15-43)40(49)50/h7-13,16,21-26,48H,14-15,17-20H2,1-6H3,(H,44,45)(H,49,50)(H2,46,47,51). The second-order valence-corrected chi connectivity index (χ2v) is 15.9.